The maximum atomic E-state index is 11.8. The van der Waals surface area contributed by atoms with E-state index in [9.17, 15) is 13.2 Å². The highest BCUT2D eigenvalue weighted by molar-refractivity contribution is 7.89. The van der Waals surface area contributed by atoms with Crippen LogP contribution >= 0.6 is 0 Å². The molecule has 0 radical (unpaired) electrons. The van der Waals surface area contributed by atoms with Gasteiger partial charge in [-0.2, -0.15) is 0 Å². The van der Waals surface area contributed by atoms with Crippen LogP contribution in [0, 0.1) is 5.41 Å². The number of amides is 1. The standard InChI is InChI=1S/C14H23N3O3S/c1-14(2,3)12(15)8-13(18)17-9-10-4-6-11(7-5-10)21(16,19)20/h4-7,12H,8-9,15H2,1-3H3,(H,17,18)(H2,16,19,20). The Morgan fingerprint density at radius 3 is 2.19 bits per heavy atom. The quantitative estimate of drug-likeness (QED) is 0.742. The summed E-state index contributed by atoms with van der Waals surface area (Å²) < 4.78 is 22.2. The van der Waals surface area contributed by atoms with E-state index in [0.29, 0.717) is 6.54 Å². The van der Waals surface area contributed by atoms with Crippen molar-refractivity contribution in [3.63, 3.8) is 0 Å². The van der Waals surface area contributed by atoms with E-state index < -0.39 is 10.0 Å². The molecule has 0 aromatic heterocycles. The smallest absolute Gasteiger partial charge is 0.238 e. The molecule has 0 saturated heterocycles. The minimum atomic E-state index is -3.69. The first-order valence-corrected chi connectivity index (χ1v) is 8.19. The summed E-state index contributed by atoms with van der Waals surface area (Å²) >= 11 is 0. The van der Waals surface area contributed by atoms with Gasteiger partial charge in [0.2, 0.25) is 15.9 Å². The molecule has 0 aliphatic rings. The van der Waals surface area contributed by atoms with Crippen molar-refractivity contribution < 1.29 is 13.2 Å². The number of hydrogen-bond donors (Lipinski definition) is 3. The molecular weight excluding hydrogens is 290 g/mol. The number of hydrogen-bond acceptors (Lipinski definition) is 4. The summed E-state index contributed by atoms with van der Waals surface area (Å²) in [6.45, 7) is 6.27. The SMILES string of the molecule is CC(C)(C)C(N)CC(=O)NCc1ccc(S(N)(=O)=O)cc1. The van der Waals surface area contributed by atoms with Crippen LogP contribution in [0.25, 0.3) is 0 Å². The molecule has 0 aliphatic carbocycles. The van der Waals surface area contributed by atoms with Crippen LogP contribution in [0.15, 0.2) is 29.2 Å². The van der Waals surface area contributed by atoms with Crippen LogP contribution in [0.1, 0.15) is 32.8 Å². The third-order valence-corrected chi connectivity index (χ3v) is 4.19. The first kappa shape index (κ1) is 17.6. The predicted molar refractivity (Wildman–Crippen MR) is 81.7 cm³/mol. The molecular formula is C14H23N3O3S. The number of rotatable bonds is 5. The summed E-state index contributed by atoms with van der Waals surface area (Å²) in [6.07, 6.45) is 0.249. The van der Waals surface area contributed by atoms with E-state index in [2.05, 4.69) is 5.32 Å². The second-order valence-electron chi connectivity index (χ2n) is 6.14. The van der Waals surface area contributed by atoms with Crippen molar-refractivity contribution in [2.45, 2.75) is 44.7 Å². The molecule has 6 nitrogen and oxygen atoms in total. The van der Waals surface area contributed by atoms with Crippen molar-refractivity contribution in [3.8, 4) is 0 Å². The maximum absolute atomic E-state index is 11.8. The van der Waals surface area contributed by atoms with Crippen molar-refractivity contribution in [2.24, 2.45) is 16.3 Å². The third kappa shape index (κ3) is 5.82. The van der Waals surface area contributed by atoms with Gasteiger partial charge >= 0.3 is 0 Å². The number of sulfonamides is 1. The van der Waals surface area contributed by atoms with Crippen molar-refractivity contribution in [1.82, 2.24) is 5.32 Å². The number of carbonyl (C=O) groups is 1. The first-order chi connectivity index (χ1) is 9.50. The normalized spacial score (nSPS) is 13.8. The fraction of sp³-hybridized carbons (Fsp3) is 0.500. The lowest BCUT2D eigenvalue weighted by Gasteiger charge is -2.26. The Morgan fingerprint density at radius 1 is 1.24 bits per heavy atom. The van der Waals surface area contributed by atoms with Crippen LogP contribution in [0.5, 0.6) is 0 Å². The Morgan fingerprint density at radius 2 is 1.76 bits per heavy atom. The highest BCUT2D eigenvalue weighted by Crippen LogP contribution is 2.19. The monoisotopic (exact) mass is 313 g/mol. The Hall–Kier alpha value is -1.44. The second kappa shape index (κ2) is 6.55. The van der Waals surface area contributed by atoms with Crippen molar-refractivity contribution in [3.05, 3.63) is 29.8 Å². The Kier molecular flexibility index (Phi) is 5.49. The van der Waals surface area contributed by atoms with Crippen molar-refractivity contribution in [2.75, 3.05) is 0 Å². The van der Waals surface area contributed by atoms with E-state index >= 15 is 0 Å². The summed E-state index contributed by atoms with van der Waals surface area (Å²) in [6, 6.07) is 5.84. The molecule has 0 saturated carbocycles. The molecule has 0 heterocycles. The van der Waals surface area contributed by atoms with Gasteiger partial charge in [0.1, 0.15) is 0 Å². The Balaban J connectivity index is 2.54. The minimum absolute atomic E-state index is 0.0485. The molecule has 0 fully saturated rings. The van der Waals surface area contributed by atoms with Gasteiger partial charge in [0.15, 0.2) is 0 Å². The lowest BCUT2D eigenvalue weighted by Crippen LogP contribution is -2.40. The highest BCUT2D eigenvalue weighted by Gasteiger charge is 2.22. The highest BCUT2D eigenvalue weighted by atomic mass is 32.2. The molecule has 0 bridgehead atoms. The van der Waals surface area contributed by atoms with Crippen LogP contribution in [-0.4, -0.2) is 20.4 Å². The first-order valence-electron chi connectivity index (χ1n) is 6.64. The number of carbonyl (C=O) groups excluding carboxylic acids is 1. The summed E-state index contributed by atoms with van der Waals surface area (Å²) in [4.78, 5) is 11.8. The molecule has 1 rings (SSSR count). The van der Waals surface area contributed by atoms with E-state index in [4.69, 9.17) is 10.9 Å². The fourth-order valence-electron chi connectivity index (χ4n) is 1.58. The molecule has 7 heteroatoms. The van der Waals surface area contributed by atoms with E-state index in [-0.39, 0.29) is 28.7 Å². The average Bonchev–Trinajstić information content (AvgIpc) is 2.34. The number of primary sulfonamides is 1. The lowest BCUT2D eigenvalue weighted by molar-refractivity contribution is -0.122. The van der Waals surface area contributed by atoms with Crippen LogP contribution in [-0.2, 0) is 21.4 Å². The van der Waals surface area contributed by atoms with Gasteiger partial charge in [0.05, 0.1) is 4.90 Å². The van der Waals surface area contributed by atoms with Gasteiger partial charge in [0, 0.05) is 19.0 Å². The van der Waals surface area contributed by atoms with E-state index in [1.807, 2.05) is 20.8 Å². The zero-order valence-corrected chi connectivity index (χ0v) is 13.4. The third-order valence-electron chi connectivity index (χ3n) is 3.26. The Labute approximate surface area is 126 Å². The predicted octanol–water partition coefficient (Wildman–Crippen LogP) is 0.714. The minimum Gasteiger partial charge on any atom is -0.352 e. The van der Waals surface area contributed by atoms with Crippen LogP contribution < -0.4 is 16.2 Å². The molecule has 21 heavy (non-hydrogen) atoms. The van der Waals surface area contributed by atoms with Gasteiger partial charge in [-0.15, -0.1) is 0 Å². The number of nitrogens with one attached hydrogen (secondary N) is 1. The number of nitrogens with two attached hydrogens (primary N) is 2. The zero-order chi connectivity index (χ0) is 16.3. The summed E-state index contributed by atoms with van der Waals surface area (Å²) in [7, 11) is -3.69. The zero-order valence-electron chi connectivity index (χ0n) is 12.6. The van der Waals surface area contributed by atoms with Gasteiger partial charge in [-0.25, -0.2) is 13.6 Å². The maximum Gasteiger partial charge on any atom is 0.238 e. The average molecular weight is 313 g/mol. The van der Waals surface area contributed by atoms with Gasteiger partial charge in [-0.05, 0) is 23.1 Å². The molecule has 1 amide bonds. The molecule has 1 unspecified atom stereocenters. The molecule has 0 spiro atoms. The summed E-state index contributed by atoms with van der Waals surface area (Å²) in [5.41, 5.74) is 6.61. The van der Waals surface area contributed by atoms with Gasteiger partial charge in [-0.3, -0.25) is 4.79 Å². The van der Waals surface area contributed by atoms with Gasteiger partial charge in [-0.1, -0.05) is 32.9 Å². The summed E-state index contributed by atoms with van der Waals surface area (Å²) in [5, 5.41) is 7.77. The lowest BCUT2D eigenvalue weighted by atomic mass is 9.85. The van der Waals surface area contributed by atoms with Crippen LogP contribution in [0.2, 0.25) is 0 Å². The molecule has 118 valence electrons. The molecule has 1 aromatic carbocycles. The molecule has 1 atom stereocenters. The van der Waals surface area contributed by atoms with Crippen molar-refractivity contribution >= 4 is 15.9 Å². The van der Waals surface area contributed by atoms with E-state index in [1.165, 1.54) is 12.1 Å². The van der Waals surface area contributed by atoms with E-state index in [0.717, 1.165) is 5.56 Å². The van der Waals surface area contributed by atoms with Crippen LogP contribution in [0.3, 0.4) is 0 Å². The van der Waals surface area contributed by atoms with E-state index in [1.54, 1.807) is 12.1 Å². The Bertz CT molecular complexity index is 589. The van der Waals surface area contributed by atoms with Crippen LogP contribution in [0.4, 0.5) is 0 Å². The molecule has 5 N–H and O–H groups in total. The largest absolute Gasteiger partial charge is 0.352 e. The second-order valence-corrected chi connectivity index (χ2v) is 7.70. The summed E-state index contributed by atoms with van der Waals surface area (Å²) in [5.74, 6) is -0.132. The van der Waals surface area contributed by atoms with Crippen molar-refractivity contribution in [1.29, 1.82) is 0 Å². The fourth-order valence-corrected chi connectivity index (χ4v) is 2.09. The van der Waals surface area contributed by atoms with Gasteiger partial charge in [0.25, 0.3) is 0 Å². The molecule has 1 aromatic rings. The molecule has 0 aliphatic heterocycles. The number of benzene rings is 1. The topological polar surface area (TPSA) is 115 Å². The van der Waals surface area contributed by atoms with Gasteiger partial charge < -0.3 is 11.1 Å².